The van der Waals surface area contributed by atoms with Gasteiger partial charge in [0.2, 0.25) is 0 Å². The maximum Gasteiger partial charge on any atom is 0.191 e. The second kappa shape index (κ2) is 10.5. The molecule has 0 aliphatic carbocycles. The lowest BCUT2D eigenvalue weighted by atomic mass is 10.0. The monoisotopic (exact) mass is 511 g/mol. The van der Waals surface area contributed by atoms with Gasteiger partial charge in [0.1, 0.15) is 11.9 Å². The van der Waals surface area contributed by atoms with E-state index in [-0.39, 0.29) is 35.7 Å². The number of ether oxygens (including phenoxy) is 2. The van der Waals surface area contributed by atoms with Crippen LogP contribution in [0.5, 0.6) is 5.75 Å². The largest absolute Gasteiger partial charge is 0.488 e. The fourth-order valence-electron chi connectivity index (χ4n) is 2.51. The van der Waals surface area contributed by atoms with Crippen molar-refractivity contribution in [2.75, 3.05) is 26.7 Å². The summed E-state index contributed by atoms with van der Waals surface area (Å²) < 4.78 is 12.7. The summed E-state index contributed by atoms with van der Waals surface area (Å²) in [6.45, 7) is 6.44. The van der Waals surface area contributed by atoms with E-state index < -0.39 is 0 Å². The zero-order valence-electron chi connectivity index (χ0n) is 14.5. The lowest BCUT2D eigenvalue weighted by molar-refractivity contribution is 0.0242. The SMILES string of the molecule is CN=C(NCC(C)Oc1ccccc1Br)NCC1(C)CCCO1.I. The molecule has 0 aromatic heterocycles. The van der Waals surface area contributed by atoms with Gasteiger partial charge in [-0.05, 0) is 54.8 Å². The first-order valence-electron chi connectivity index (χ1n) is 8.02. The summed E-state index contributed by atoms with van der Waals surface area (Å²) >= 11 is 3.49. The average molecular weight is 512 g/mol. The number of rotatable bonds is 6. The number of benzene rings is 1. The molecule has 0 amide bonds. The van der Waals surface area contributed by atoms with Crippen molar-refractivity contribution < 1.29 is 9.47 Å². The average Bonchev–Trinajstić information content (AvgIpc) is 2.97. The van der Waals surface area contributed by atoms with Crippen LogP contribution in [-0.4, -0.2) is 44.4 Å². The predicted molar refractivity (Wildman–Crippen MR) is 113 cm³/mol. The fourth-order valence-corrected chi connectivity index (χ4v) is 2.88. The van der Waals surface area contributed by atoms with E-state index >= 15 is 0 Å². The molecular weight excluding hydrogens is 485 g/mol. The molecular formula is C17H27BrIN3O2. The van der Waals surface area contributed by atoms with Crippen molar-refractivity contribution in [2.45, 2.75) is 38.4 Å². The Hall–Kier alpha value is -0.540. The standard InChI is InChI=1S/C17H26BrN3O2.HI/c1-13(23-15-8-5-4-7-14(15)18)11-20-16(19-3)21-12-17(2)9-6-10-22-17;/h4-5,7-8,13H,6,9-12H2,1-3H3,(H2,19,20,21);1H. The second-order valence-electron chi connectivity index (χ2n) is 6.07. The molecule has 0 saturated carbocycles. The minimum absolute atomic E-state index is 0. The molecule has 2 rings (SSSR count). The number of para-hydroxylation sites is 1. The second-order valence-corrected chi connectivity index (χ2v) is 6.92. The van der Waals surface area contributed by atoms with Crippen molar-refractivity contribution in [1.29, 1.82) is 0 Å². The van der Waals surface area contributed by atoms with Crippen LogP contribution in [0.25, 0.3) is 0 Å². The molecule has 2 atom stereocenters. The smallest absolute Gasteiger partial charge is 0.191 e. The van der Waals surface area contributed by atoms with Crippen LogP contribution in [0.1, 0.15) is 26.7 Å². The molecule has 0 bridgehead atoms. The van der Waals surface area contributed by atoms with Gasteiger partial charge in [-0.2, -0.15) is 0 Å². The Morgan fingerprint density at radius 1 is 1.42 bits per heavy atom. The molecule has 0 radical (unpaired) electrons. The van der Waals surface area contributed by atoms with E-state index in [2.05, 4.69) is 38.5 Å². The first kappa shape index (κ1) is 21.5. The van der Waals surface area contributed by atoms with Gasteiger partial charge in [-0.15, -0.1) is 24.0 Å². The molecule has 5 nitrogen and oxygen atoms in total. The minimum Gasteiger partial charge on any atom is -0.488 e. The summed E-state index contributed by atoms with van der Waals surface area (Å²) in [6.07, 6.45) is 2.23. The zero-order valence-corrected chi connectivity index (χ0v) is 18.4. The predicted octanol–water partition coefficient (Wildman–Crippen LogP) is 3.57. The molecule has 1 aromatic carbocycles. The highest BCUT2D eigenvalue weighted by molar-refractivity contribution is 14.0. The van der Waals surface area contributed by atoms with Crippen molar-refractivity contribution in [2.24, 2.45) is 4.99 Å². The van der Waals surface area contributed by atoms with Gasteiger partial charge in [0.15, 0.2) is 5.96 Å². The molecule has 0 spiro atoms. The lowest BCUT2D eigenvalue weighted by Gasteiger charge is -2.25. The van der Waals surface area contributed by atoms with Crippen molar-refractivity contribution in [1.82, 2.24) is 10.6 Å². The Kier molecular flexibility index (Phi) is 9.36. The molecule has 1 aliphatic heterocycles. The number of nitrogens with one attached hydrogen (secondary N) is 2. The fraction of sp³-hybridized carbons (Fsp3) is 0.588. The highest BCUT2D eigenvalue weighted by Gasteiger charge is 2.29. The third-order valence-corrected chi connectivity index (χ3v) is 4.53. The molecule has 7 heteroatoms. The summed E-state index contributed by atoms with van der Waals surface area (Å²) in [5.74, 6) is 1.61. The van der Waals surface area contributed by atoms with Crippen molar-refractivity contribution in [3.63, 3.8) is 0 Å². The first-order valence-corrected chi connectivity index (χ1v) is 8.81. The summed E-state index contributed by atoms with van der Waals surface area (Å²) in [5.41, 5.74) is -0.0887. The van der Waals surface area contributed by atoms with E-state index in [0.717, 1.165) is 42.2 Å². The maximum absolute atomic E-state index is 5.92. The number of hydrogen-bond acceptors (Lipinski definition) is 3. The highest BCUT2D eigenvalue weighted by atomic mass is 127. The topological polar surface area (TPSA) is 54.9 Å². The maximum atomic E-state index is 5.92. The molecule has 1 heterocycles. The molecule has 1 saturated heterocycles. The summed E-state index contributed by atoms with van der Waals surface area (Å²) in [6, 6.07) is 7.85. The van der Waals surface area contributed by atoms with Gasteiger partial charge in [-0.3, -0.25) is 4.99 Å². The van der Waals surface area contributed by atoms with Crippen LogP contribution in [0.4, 0.5) is 0 Å². The molecule has 136 valence electrons. The Labute approximate surface area is 170 Å². The van der Waals surface area contributed by atoms with Gasteiger partial charge < -0.3 is 20.1 Å². The van der Waals surface area contributed by atoms with Crippen LogP contribution in [0.2, 0.25) is 0 Å². The third-order valence-electron chi connectivity index (χ3n) is 3.88. The summed E-state index contributed by atoms with van der Waals surface area (Å²) in [7, 11) is 1.77. The lowest BCUT2D eigenvalue weighted by Crippen LogP contribution is -2.47. The number of aliphatic imine (C=N–C) groups is 1. The van der Waals surface area contributed by atoms with Crippen LogP contribution >= 0.6 is 39.9 Å². The van der Waals surface area contributed by atoms with Crippen LogP contribution in [0.15, 0.2) is 33.7 Å². The molecule has 2 unspecified atom stereocenters. The number of halogens is 2. The Morgan fingerprint density at radius 2 is 2.17 bits per heavy atom. The van der Waals surface area contributed by atoms with Gasteiger partial charge in [-0.1, -0.05) is 12.1 Å². The van der Waals surface area contributed by atoms with Gasteiger partial charge >= 0.3 is 0 Å². The van der Waals surface area contributed by atoms with E-state index in [0.29, 0.717) is 6.54 Å². The van der Waals surface area contributed by atoms with E-state index in [4.69, 9.17) is 9.47 Å². The van der Waals surface area contributed by atoms with Crippen LogP contribution in [0.3, 0.4) is 0 Å². The third kappa shape index (κ3) is 6.76. The van der Waals surface area contributed by atoms with Crippen molar-refractivity contribution >= 4 is 45.9 Å². The Morgan fingerprint density at radius 3 is 2.79 bits per heavy atom. The van der Waals surface area contributed by atoms with E-state index in [1.165, 1.54) is 0 Å². The van der Waals surface area contributed by atoms with Gasteiger partial charge in [0, 0.05) is 20.2 Å². The molecule has 1 aliphatic rings. The number of hydrogen-bond donors (Lipinski definition) is 2. The van der Waals surface area contributed by atoms with Crippen molar-refractivity contribution in [3.05, 3.63) is 28.7 Å². The molecule has 1 fully saturated rings. The number of guanidine groups is 1. The molecule has 1 aromatic rings. The van der Waals surface area contributed by atoms with Gasteiger partial charge in [0.25, 0.3) is 0 Å². The minimum atomic E-state index is -0.0887. The van der Waals surface area contributed by atoms with Crippen molar-refractivity contribution in [3.8, 4) is 5.75 Å². The first-order chi connectivity index (χ1) is 11.0. The Balaban J connectivity index is 0.00000288. The van der Waals surface area contributed by atoms with E-state index in [9.17, 15) is 0 Å². The van der Waals surface area contributed by atoms with E-state index in [1.54, 1.807) is 7.05 Å². The van der Waals surface area contributed by atoms with Gasteiger partial charge in [0.05, 0.1) is 16.6 Å². The highest BCUT2D eigenvalue weighted by Crippen LogP contribution is 2.25. The van der Waals surface area contributed by atoms with Crippen LogP contribution < -0.4 is 15.4 Å². The Bertz CT molecular complexity index is 536. The summed E-state index contributed by atoms with van der Waals surface area (Å²) in [4.78, 5) is 4.25. The normalized spacial score (nSPS) is 21.8. The molecule has 2 N–H and O–H groups in total. The summed E-state index contributed by atoms with van der Waals surface area (Å²) in [5, 5.41) is 6.62. The molecule has 24 heavy (non-hydrogen) atoms. The number of nitrogens with zero attached hydrogens (tertiary/aromatic N) is 1. The quantitative estimate of drug-likeness (QED) is 0.348. The zero-order chi connectivity index (χ0) is 16.7. The van der Waals surface area contributed by atoms with Crippen LogP contribution in [-0.2, 0) is 4.74 Å². The van der Waals surface area contributed by atoms with Crippen LogP contribution in [0, 0.1) is 0 Å². The van der Waals surface area contributed by atoms with E-state index in [1.807, 2.05) is 31.2 Å². The van der Waals surface area contributed by atoms with Gasteiger partial charge in [-0.25, -0.2) is 0 Å².